The lowest BCUT2D eigenvalue weighted by molar-refractivity contribution is -0.121. The number of nitrogens with two attached hydrogens (primary N) is 1. The number of carbonyl (C=O) groups excluding carboxylic acids is 1. The highest BCUT2D eigenvalue weighted by Crippen LogP contribution is 2.18. The first-order chi connectivity index (χ1) is 10.3. The molecule has 5 heteroatoms. The van der Waals surface area contributed by atoms with E-state index >= 15 is 0 Å². The Labute approximate surface area is 123 Å². The second-order valence-corrected chi connectivity index (χ2v) is 4.41. The van der Waals surface area contributed by atoms with Crippen molar-refractivity contribution in [2.24, 2.45) is 5.84 Å². The van der Waals surface area contributed by atoms with Crippen molar-refractivity contribution in [3.8, 4) is 11.5 Å². The first kappa shape index (κ1) is 14.9. The molecule has 2 rings (SSSR count). The van der Waals surface area contributed by atoms with E-state index in [4.69, 9.17) is 15.3 Å². The quantitative estimate of drug-likeness (QED) is 0.464. The Kier molecular flexibility index (Phi) is 5.60. The van der Waals surface area contributed by atoms with Gasteiger partial charge in [-0.2, -0.15) is 0 Å². The molecule has 0 heterocycles. The van der Waals surface area contributed by atoms with Crippen LogP contribution in [0.2, 0.25) is 0 Å². The van der Waals surface area contributed by atoms with Crippen LogP contribution in [0.3, 0.4) is 0 Å². The van der Waals surface area contributed by atoms with Crippen LogP contribution in [0.1, 0.15) is 12.0 Å². The van der Waals surface area contributed by atoms with Crippen LogP contribution in [0.25, 0.3) is 0 Å². The van der Waals surface area contributed by atoms with Crippen LogP contribution < -0.4 is 20.7 Å². The molecule has 5 nitrogen and oxygen atoms in total. The van der Waals surface area contributed by atoms with Gasteiger partial charge in [0.25, 0.3) is 0 Å². The van der Waals surface area contributed by atoms with Crippen molar-refractivity contribution in [2.75, 3.05) is 6.61 Å². The lowest BCUT2D eigenvalue weighted by atomic mass is 10.2. The number of hydrogen-bond donors (Lipinski definition) is 2. The minimum absolute atomic E-state index is 0.225. The molecule has 0 spiro atoms. The number of ether oxygens (including phenoxy) is 2. The molecule has 0 aromatic heterocycles. The molecule has 0 fully saturated rings. The fourth-order valence-corrected chi connectivity index (χ4v) is 1.71. The average molecular weight is 286 g/mol. The fraction of sp³-hybridized carbons (Fsp3) is 0.188. The molecule has 0 bridgehead atoms. The smallest absolute Gasteiger partial charge is 0.237 e. The van der Waals surface area contributed by atoms with Gasteiger partial charge in [-0.1, -0.05) is 30.3 Å². The van der Waals surface area contributed by atoms with Crippen LogP contribution in [0.4, 0.5) is 0 Å². The molecule has 1 amide bonds. The van der Waals surface area contributed by atoms with Crippen LogP contribution in [-0.4, -0.2) is 12.5 Å². The van der Waals surface area contributed by atoms with E-state index in [-0.39, 0.29) is 18.9 Å². The lowest BCUT2D eigenvalue weighted by Gasteiger charge is -2.08. The minimum atomic E-state index is -0.252. The summed E-state index contributed by atoms with van der Waals surface area (Å²) in [5.74, 6) is 6.19. The molecule has 0 saturated carbocycles. The topological polar surface area (TPSA) is 73.6 Å². The Morgan fingerprint density at radius 1 is 0.952 bits per heavy atom. The van der Waals surface area contributed by atoms with Crippen molar-refractivity contribution in [2.45, 2.75) is 13.0 Å². The predicted octanol–water partition coefficient (Wildman–Crippen LogP) is 2.02. The summed E-state index contributed by atoms with van der Waals surface area (Å²) in [6, 6.07) is 17.2. The number of carbonyl (C=O) groups is 1. The summed E-state index contributed by atoms with van der Waals surface area (Å²) in [6.07, 6.45) is 0.225. The van der Waals surface area contributed by atoms with Crippen molar-refractivity contribution in [3.63, 3.8) is 0 Å². The first-order valence-corrected chi connectivity index (χ1v) is 6.67. The second kappa shape index (κ2) is 7.91. The van der Waals surface area contributed by atoms with E-state index in [1.807, 2.05) is 42.5 Å². The van der Waals surface area contributed by atoms with Gasteiger partial charge in [0.15, 0.2) is 0 Å². The van der Waals surface area contributed by atoms with Crippen molar-refractivity contribution < 1.29 is 14.3 Å². The zero-order valence-corrected chi connectivity index (χ0v) is 11.6. The summed E-state index contributed by atoms with van der Waals surface area (Å²) < 4.78 is 11.1. The number of benzene rings is 2. The van der Waals surface area contributed by atoms with Gasteiger partial charge in [0.1, 0.15) is 18.1 Å². The molecule has 2 aromatic rings. The van der Waals surface area contributed by atoms with Crippen molar-refractivity contribution >= 4 is 5.91 Å². The molecular weight excluding hydrogens is 268 g/mol. The zero-order chi connectivity index (χ0) is 14.9. The fourth-order valence-electron chi connectivity index (χ4n) is 1.71. The summed E-state index contributed by atoms with van der Waals surface area (Å²) in [6.45, 7) is 0.810. The number of hydrogen-bond acceptors (Lipinski definition) is 4. The van der Waals surface area contributed by atoms with E-state index in [0.717, 1.165) is 11.3 Å². The van der Waals surface area contributed by atoms with Gasteiger partial charge in [0, 0.05) is 0 Å². The Morgan fingerprint density at radius 2 is 1.57 bits per heavy atom. The highest BCUT2D eigenvalue weighted by molar-refractivity contribution is 5.75. The molecule has 0 atom stereocenters. The van der Waals surface area contributed by atoms with E-state index in [1.165, 1.54) is 0 Å². The van der Waals surface area contributed by atoms with Crippen LogP contribution in [0.15, 0.2) is 54.6 Å². The van der Waals surface area contributed by atoms with Crippen LogP contribution in [0.5, 0.6) is 11.5 Å². The summed E-state index contributed by atoms with van der Waals surface area (Å²) in [5.41, 5.74) is 3.17. The maximum Gasteiger partial charge on any atom is 0.237 e. The van der Waals surface area contributed by atoms with Gasteiger partial charge in [-0.25, -0.2) is 5.84 Å². The number of amides is 1. The van der Waals surface area contributed by atoms with Gasteiger partial charge in [0.05, 0.1) is 13.0 Å². The lowest BCUT2D eigenvalue weighted by Crippen LogP contribution is -2.31. The molecule has 0 aliphatic carbocycles. The molecule has 0 aliphatic heterocycles. The Balaban J connectivity index is 1.78. The molecule has 0 radical (unpaired) electrons. The molecule has 110 valence electrons. The summed E-state index contributed by atoms with van der Waals surface area (Å²) in [4.78, 5) is 10.9. The Morgan fingerprint density at radius 3 is 2.19 bits per heavy atom. The number of hydrazine groups is 1. The van der Waals surface area contributed by atoms with Gasteiger partial charge >= 0.3 is 0 Å². The van der Waals surface area contributed by atoms with Crippen LogP contribution in [0, 0.1) is 0 Å². The number of nitrogens with one attached hydrogen (secondary N) is 1. The normalized spacial score (nSPS) is 9.95. The van der Waals surface area contributed by atoms with E-state index < -0.39 is 0 Å². The third-order valence-electron chi connectivity index (χ3n) is 2.83. The first-order valence-electron chi connectivity index (χ1n) is 6.67. The van der Waals surface area contributed by atoms with Crippen molar-refractivity contribution in [3.05, 3.63) is 60.2 Å². The molecule has 21 heavy (non-hydrogen) atoms. The van der Waals surface area contributed by atoms with E-state index in [0.29, 0.717) is 12.4 Å². The highest BCUT2D eigenvalue weighted by Gasteiger charge is 2.00. The maximum absolute atomic E-state index is 10.9. The second-order valence-electron chi connectivity index (χ2n) is 4.41. The molecule has 3 N–H and O–H groups in total. The van der Waals surface area contributed by atoms with Gasteiger partial charge in [-0.15, -0.1) is 0 Å². The zero-order valence-electron chi connectivity index (χ0n) is 11.6. The predicted molar refractivity (Wildman–Crippen MR) is 79.7 cm³/mol. The van der Waals surface area contributed by atoms with Crippen LogP contribution >= 0.6 is 0 Å². The maximum atomic E-state index is 10.9. The monoisotopic (exact) mass is 286 g/mol. The summed E-state index contributed by atoms with van der Waals surface area (Å²) in [5, 5.41) is 0. The summed E-state index contributed by atoms with van der Waals surface area (Å²) >= 11 is 0. The molecule has 0 unspecified atom stereocenters. The summed E-state index contributed by atoms with van der Waals surface area (Å²) in [7, 11) is 0. The average Bonchev–Trinajstić information content (AvgIpc) is 2.55. The highest BCUT2D eigenvalue weighted by atomic mass is 16.5. The molecule has 0 aliphatic rings. The van der Waals surface area contributed by atoms with E-state index in [2.05, 4.69) is 5.43 Å². The third kappa shape index (κ3) is 5.16. The standard InChI is InChI=1S/C16H18N2O3/c17-18-16(19)10-11-20-14-6-8-15(9-7-14)21-12-13-4-2-1-3-5-13/h1-9H,10-12,17H2,(H,18,19). The Hall–Kier alpha value is -2.53. The van der Waals surface area contributed by atoms with Gasteiger partial charge in [-0.05, 0) is 29.8 Å². The van der Waals surface area contributed by atoms with Gasteiger partial charge in [0.2, 0.25) is 5.91 Å². The SMILES string of the molecule is NNC(=O)CCOc1ccc(OCc2ccccc2)cc1. The molecule has 0 saturated heterocycles. The van der Waals surface area contributed by atoms with E-state index in [9.17, 15) is 4.79 Å². The van der Waals surface area contributed by atoms with Crippen molar-refractivity contribution in [1.82, 2.24) is 5.43 Å². The molecular formula is C16H18N2O3. The van der Waals surface area contributed by atoms with Gasteiger partial charge < -0.3 is 9.47 Å². The molecule has 2 aromatic carbocycles. The van der Waals surface area contributed by atoms with E-state index in [1.54, 1.807) is 12.1 Å². The van der Waals surface area contributed by atoms with Crippen LogP contribution in [-0.2, 0) is 11.4 Å². The van der Waals surface area contributed by atoms with Gasteiger partial charge in [-0.3, -0.25) is 10.2 Å². The number of rotatable bonds is 7. The largest absolute Gasteiger partial charge is 0.493 e. The minimum Gasteiger partial charge on any atom is -0.493 e. The third-order valence-corrected chi connectivity index (χ3v) is 2.83. The Bertz CT molecular complexity index is 555. The van der Waals surface area contributed by atoms with Crippen molar-refractivity contribution in [1.29, 1.82) is 0 Å².